The first-order valence-corrected chi connectivity index (χ1v) is 5.35. The lowest BCUT2D eigenvalue weighted by atomic mass is 9.92. The van der Waals surface area contributed by atoms with E-state index in [1.807, 2.05) is 0 Å². The van der Waals surface area contributed by atoms with Crippen LogP contribution in [0.15, 0.2) is 4.99 Å². The molecule has 0 radical (unpaired) electrons. The molecule has 3 nitrogen and oxygen atoms in total. The van der Waals surface area contributed by atoms with Crippen LogP contribution in [0.1, 0.15) is 26.2 Å². The van der Waals surface area contributed by atoms with Crippen LogP contribution < -0.4 is 5.73 Å². The van der Waals surface area contributed by atoms with Gasteiger partial charge in [-0.1, -0.05) is 0 Å². The monoisotopic (exact) mass is 179 g/mol. The number of guanidine groups is 1. The number of nitrogens with zero attached hydrogens (tertiary/aromatic N) is 2. The Bertz CT molecular complexity index is 273. The van der Waals surface area contributed by atoms with Crippen LogP contribution in [0.2, 0.25) is 0 Å². The third-order valence-electron chi connectivity index (χ3n) is 4.21. The van der Waals surface area contributed by atoms with Crippen molar-refractivity contribution < 1.29 is 0 Å². The van der Waals surface area contributed by atoms with Crippen molar-refractivity contribution in [2.24, 2.45) is 22.6 Å². The molecule has 72 valence electrons. The summed E-state index contributed by atoms with van der Waals surface area (Å²) in [6.45, 7) is 4.18. The molecule has 3 aliphatic rings. The molecule has 0 aromatic carbocycles. The van der Waals surface area contributed by atoms with E-state index >= 15 is 0 Å². The Morgan fingerprint density at radius 2 is 2.54 bits per heavy atom. The maximum absolute atomic E-state index is 5.90. The van der Waals surface area contributed by atoms with E-state index in [1.165, 1.54) is 19.3 Å². The molecule has 3 unspecified atom stereocenters. The molecule has 13 heavy (non-hydrogen) atoms. The molecule has 3 atom stereocenters. The fourth-order valence-corrected chi connectivity index (χ4v) is 3.47. The molecule has 0 bridgehead atoms. The smallest absolute Gasteiger partial charge is 0.191 e. The molecule has 0 amide bonds. The van der Waals surface area contributed by atoms with Gasteiger partial charge in [0.15, 0.2) is 5.96 Å². The van der Waals surface area contributed by atoms with Crippen LogP contribution >= 0.6 is 0 Å². The largest absolute Gasteiger partial charge is 0.370 e. The Balaban J connectivity index is 1.92. The highest BCUT2D eigenvalue weighted by Crippen LogP contribution is 2.60. The summed E-state index contributed by atoms with van der Waals surface area (Å²) in [6.07, 6.45) is 4.16. The maximum atomic E-state index is 5.90. The Morgan fingerprint density at radius 3 is 3.08 bits per heavy atom. The minimum Gasteiger partial charge on any atom is -0.370 e. The van der Waals surface area contributed by atoms with Crippen molar-refractivity contribution in [2.45, 2.75) is 31.7 Å². The normalized spacial score (nSPS) is 46.8. The molecule has 2 aliphatic carbocycles. The summed E-state index contributed by atoms with van der Waals surface area (Å²) in [5.41, 5.74) is 6.27. The van der Waals surface area contributed by atoms with Crippen molar-refractivity contribution in [1.29, 1.82) is 0 Å². The van der Waals surface area contributed by atoms with Crippen molar-refractivity contribution in [3.63, 3.8) is 0 Å². The van der Waals surface area contributed by atoms with Gasteiger partial charge in [0.25, 0.3) is 0 Å². The van der Waals surface area contributed by atoms with E-state index in [1.54, 1.807) is 0 Å². The predicted octanol–water partition coefficient (Wildman–Crippen LogP) is 0.805. The Labute approximate surface area is 79.0 Å². The van der Waals surface area contributed by atoms with Gasteiger partial charge in [-0.15, -0.1) is 0 Å². The topological polar surface area (TPSA) is 41.6 Å². The summed E-state index contributed by atoms with van der Waals surface area (Å²) in [7, 11) is 0. The van der Waals surface area contributed by atoms with E-state index in [0.29, 0.717) is 5.54 Å². The van der Waals surface area contributed by atoms with Crippen molar-refractivity contribution >= 4 is 5.96 Å². The summed E-state index contributed by atoms with van der Waals surface area (Å²) < 4.78 is 0. The van der Waals surface area contributed by atoms with Crippen molar-refractivity contribution in [3.8, 4) is 0 Å². The molecule has 0 aromatic rings. The highest BCUT2D eigenvalue weighted by Gasteiger charge is 2.61. The summed E-state index contributed by atoms with van der Waals surface area (Å²) in [4.78, 5) is 6.77. The molecular formula is C10H17N3. The van der Waals surface area contributed by atoms with E-state index in [4.69, 9.17) is 5.73 Å². The maximum Gasteiger partial charge on any atom is 0.191 e. The first-order chi connectivity index (χ1) is 6.28. The minimum atomic E-state index is 0.365. The first-order valence-electron chi connectivity index (χ1n) is 5.35. The highest BCUT2D eigenvalue weighted by atomic mass is 15.4. The molecule has 1 aliphatic heterocycles. The lowest BCUT2D eigenvalue weighted by Crippen LogP contribution is -2.51. The second kappa shape index (κ2) is 2.20. The number of hydrogen-bond acceptors (Lipinski definition) is 3. The van der Waals surface area contributed by atoms with E-state index in [2.05, 4.69) is 16.8 Å². The van der Waals surface area contributed by atoms with Gasteiger partial charge in [0, 0.05) is 6.54 Å². The lowest BCUT2D eigenvalue weighted by molar-refractivity contribution is 0.185. The molecule has 2 N–H and O–H groups in total. The number of aliphatic imine (C=N–C) groups is 1. The number of fused-ring (bicyclic) bond motifs is 2. The zero-order chi connectivity index (χ0) is 9.05. The number of rotatable bonds is 1. The van der Waals surface area contributed by atoms with Gasteiger partial charge < -0.3 is 10.6 Å². The number of likely N-dealkylation sites (N-methyl/N-ethyl adjacent to an activating group) is 1. The molecular weight excluding hydrogens is 162 g/mol. The van der Waals surface area contributed by atoms with Crippen LogP contribution in [0.25, 0.3) is 0 Å². The second-order valence-electron chi connectivity index (χ2n) is 4.66. The molecule has 2 fully saturated rings. The predicted molar refractivity (Wildman–Crippen MR) is 52.4 cm³/mol. The van der Waals surface area contributed by atoms with Gasteiger partial charge in [0.1, 0.15) is 0 Å². The molecule has 2 saturated carbocycles. The fraction of sp³-hybridized carbons (Fsp3) is 0.900. The molecule has 1 spiro atoms. The zero-order valence-corrected chi connectivity index (χ0v) is 8.16. The Morgan fingerprint density at radius 1 is 1.69 bits per heavy atom. The van der Waals surface area contributed by atoms with Gasteiger partial charge in [-0.05, 0) is 38.0 Å². The van der Waals surface area contributed by atoms with Crippen LogP contribution in [0.3, 0.4) is 0 Å². The van der Waals surface area contributed by atoms with E-state index in [9.17, 15) is 0 Å². The highest BCUT2D eigenvalue weighted by molar-refractivity contribution is 5.81. The average molecular weight is 179 g/mol. The van der Waals surface area contributed by atoms with Gasteiger partial charge in [-0.2, -0.15) is 0 Å². The van der Waals surface area contributed by atoms with Gasteiger partial charge in [0.2, 0.25) is 0 Å². The van der Waals surface area contributed by atoms with Crippen LogP contribution in [-0.4, -0.2) is 29.5 Å². The van der Waals surface area contributed by atoms with Crippen molar-refractivity contribution in [1.82, 2.24) is 4.90 Å². The van der Waals surface area contributed by atoms with Gasteiger partial charge in [-0.25, -0.2) is 0 Å². The summed E-state index contributed by atoms with van der Waals surface area (Å²) in [6, 6.07) is 0. The van der Waals surface area contributed by atoms with Crippen LogP contribution in [0.4, 0.5) is 0 Å². The third-order valence-corrected chi connectivity index (χ3v) is 4.21. The van der Waals surface area contributed by atoms with Crippen LogP contribution in [0, 0.1) is 11.8 Å². The van der Waals surface area contributed by atoms with Gasteiger partial charge in [0.05, 0.1) is 12.1 Å². The van der Waals surface area contributed by atoms with Crippen molar-refractivity contribution in [2.75, 3.05) is 13.1 Å². The number of hydrogen-bond donors (Lipinski definition) is 1. The van der Waals surface area contributed by atoms with Gasteiger partial charge >= 0.3 is 0 Å². The first kappa shape index (κ1) is 7.65. The third kappa shape index (κ3) is 0.779. The van der Waals surface area contributed by atoms with Crippen LogP contribution in [-0.2, 0) is 0 Å². The summed E-state index contributed by atoms with van der Waals surface area (Å²) in [5.74, 6) is 2.71. The summed E-state index contributed by atoms with van der Waals surface area (Å²) >= 11 is 0. The quantitative estimate of drug-likeness (QED) is 0.647. The standard InChI is InChI=1S/C10H17N3/c1-2-13-9(11)12-6-10(13)4-3-7-5-8(7)10/h7-8H,2-6H2,1H3,(H2,11,12). The Kier molecular flexibility index (Phi) is 1.29. The molecule has 0 aromatic heterocycles. The van der Waals surface area contributed by atoms with E-state index in [0.717, 1.165) is 30.9 Å². The molecule has 1 heterocycles. The fourth-order valence-electron chi connectivity index (χ4n) is 3.47. The number of nitrogens with two attached hydrogens (primary N) is 1. The molecule has 0 saturated heterocycles. The van der Waals surface area contributed by atoms with E-state index < -0.39 is 0 Å². The second-order valence-corrected chi connectivity index (χ2v) is 4.66. The molecule has 3 heteroatoms. The minimum absolute atomic E-state index is 0.365. The molecule has 3 rings (SSSR count). The Hall–Kier alpha value is -0.730. The van der Waals surface area contributed by atoms with Crippen molar-refractivity contribution in [3.05, 3.63) is 0 Å². The zero-order valence-electron chi connectivity index (χ0n) is 8.16. The SMILES string of the molecule is CCN1C(N)=NCC12CCC1CC12. The average Bonchev–Trinajstić information content (AvgIpc) is 2.76. The van der Waals surface area contributed by atoms with Crippen LogP contribution in [0.5, 0.6) is 0 Å². The van der Waals surface area contributed by atoms with Gasteiger partial charge in [-0.3, -0.25) is 4.99 Å². The summed E-state index contributed by atoms with van der Waals surface area (Å²) in [5, 5.41) is 0. The lowest BCUT2D eigenvalue weighted by Gasteiger charge is -2.37. The van der Waals surface area contributed by atoms with E-state index in [-0.39, 0.29) is 0 Å².